The summed E-state index contributed by atoms with van der Waals surface area (Å²) in [7, 11) is 0. The molecular weight excluding hydrogens is 250 g/mol. The van der Waals surface area contributed by atoms with E-state index in [0.717, 1.165) is 0 Å². The SMILES string of the molecule is C[I-]c1cnc(Cl)nc1. The maximum absolute atomic E-state index is 5.46. The Morgan fingerprint density at radius 2 is 2.00 bits per heavy atom. The van der Waals surface area contributed by atoms with Crippen molar-refractivity contribution < 1.29 is 21.2 Å². The van der Waals surface area contributed by atoms with Crippen molar-refractivity contribution in [3.05, 3.63) is 21.2 Å². The average molecular weight is 255 g/mol. The fraction of sp³-hybridized carbons (Fsp3) is 0.200. The second kappa shape index (κ2) is 3.31. The molecule has 0 atom stereocenters. The molecule has 0 spiro atoms. The number of aromatic nitrogens is 2. The van der Waals surface area contributed by atoms with E-state index in [1.54, 1.807) is 12.4 Å². The molecule has 1 heterocycles. The van der Waals surface area contributed by atoms with Gasteiger partial charge in [0.15, 0.2) is 0 Å². The van der Waals surface area contributed by atoms with Crippen molar-refractivity contribution in [3.8, 4) is 0 Å². The number of rotatable bonds is 1. The predicted molar refractivity (Wildman–Crippen MR) is 31.7 cm³/mol. The molecule has 0 aliphatic carbocycles. The van der Waals surface area contributed by atoms with Crippen molar-refractivity contribution in [1.82, 2.24) is 9.97 Å². The van der Waals surface area contributed by atoms with Crippen molar-refractivity contribution in [1.29, 1.82) is 0 Å². The summed E-state index contributed by atoms with van der Waals surface area (Å²) >= 11 is 5.57. The molecule has 4 heteroatoms. The molecule has 0 saturated carbocycles. The van der Waals surface area contributed by atoms with E-state index < -0.39 is 0 Å². The Balaban J connectivity index is 2.88. The van der Waals surface area contributed by atoms with Crippen LogP contribution in [0.25, 0.3) is 0 Å². The first-order valence-electron chi connectivity index (χ1n) is 2.30. The second-order valence-electron chi connectivity index (χ2n) is 1.36. The summed E-state index contributed by atoms with van der Waals surface area (Å²) in [5, 5.41) is 0.330. The molecule has 50 valence electrons. The van der Waals surface area contributed by atoms with E-state index in [2.05, 4.69) is 14.9 Å². The Bertz CT molecular complexity index is 187. The minimum atomic E-state index is 0.113. The van der Waals surface area contributed by atoms with Gasteiger partial charge >= 0.3 is 69.0 Å². The Kier molecular flexibility index (Phi) is 2.65. The Morgan fingerprint density at radius 1 is 1.44 bits per heavy atom. The molecule has 1 aromatic rings. The second-order valence-corrected chi connectivity index (χ2v) is 4.02. The number of halogens is 2. The minimum absolute atomic E-state index is 0.113. The Hall–Kier alpha value is 0.1000. The van der Waals surface area contributed by atoms with Gasteiger partial charge in [-0.3, -0.25) is 0 Å². The van der Waals surface area contributed by atoms with Crippen LogP contribution in [0.5, 0.6) is 0 Å². The van der Waals surface area contributed by atoms with Crippen LogP contribution in [0, 0.1) is 3.57 Å². The van der Waals surface area contributed by atoms with E-state index in [1.165, 1.54) is 3.57 Å². The summed E-state index contributed by atoms with van der Waals surface area (Å²) in [6.07, 6.45) is 3.56. The average Bonchev–Trinajstić information content (AvgIpc) is 1.90. The normalized spacial score (nSPS) is 10.0. The van der Waals surface area contributed by atoms with Crippen LogP contribution in [0.15, 0.2) is 12.4 Å². The van der Waals surface area contributed by atoms with Gasteiger partial charge < -0.3 is 0 Å². The van der Waals surface area contributed by atoms with Crippen LogP contribution in [0.3, 0.4) is 0 Å². The van der Waals surface area contributed by atoms with Crippen LogP contribution in [-0.2, 0) is 0 Å². The summed E-state index contributed by atoms with van der Waals surface area (Å²) in [4.78, 5) is 9.82. The van der Waals surface area contributed by atoms with Crippen molar-refractivity contribution in [2.24, 2.45) is 0 Å². The van der Waals surface area contributed by atoms with Gasteiger partial charge in [0.25, 0.3) is 0 Å². The third-order valence-corrected chi connectivity index (χ3v) is 2.80. The van der Waals surface area contributed by atoms with E-state index in [9.17, 15) is 0 Å². The van der Waals surface area contributed by atoms with Crippen molar-refractivity contribution in [3.63, 3.8) is 0 Å². The molecule has 0 bridgehead atoms. The molecule has 0 aromatic carbocycles. The Labute approximate surface area is 68.9 Å². The van der Waals surface area contributed by atoms with E-state index >= 15 is 0 Å². The fourth-order valence-electron chi connectivity index (χ4n) is 0.394. The first-order chi connectivity index (χ1) is 4.33. The van der Waals surface area contributed by atoms with Gasteiger partial charge in [0.1, 0.15) is 0 Å². The molecule has 1 rings (SSSR count). The van der Waals surface area contributed by atoms with Crippen LogP contribution in [0.4, 0.5) is 0 Å². The van der Waals surface area contributed by atoms with Crippen LogP contribution < -0.4 is 21.2 Å². The third kappa shape index (κ3) is 2.06. The van der Waals surface area contributed by atoms with E-state index in [0.29, 0.717) is 5.28 Å². The predicted octanol–water partition coefficient (Wildman–Crippen LogP) is -1.98. The van der Waals surface area contributed by atoms with Gasteiger partial charge in [-0.25, -0.2) is 0 Å². The molecule has 0 N–H and O–H groups in total. The number of hydrogen-bond donors (Lipinski definition) is 0. The first-order valence-corrected chi connectivity index (χ1v) is 5.91. The van der Waals surface area contributed by atoms with Gasteiger partial charge in [-0.1, -0.05) is 0 Å². The van der Waals surface area contributed by atoms with E-state index in [4.69, 9.17) is 11.6 Å². The molecule has 0 amide bonds. The molecule has 1 aromatic heterocycles. The maximum atomic E-state index is 5.46. The summed E-state index contributed by atoms with van der Waals surface area (Å²) in [5.74, 6) is 0. The standard InChI is InChI=1S/C5H5ClIN2/c1-7-4-2-8-5(6)9-3-4/h2-3H,1H3/q-1. The molecule has 0 radical (unpaired) electrons. The van der Waals surface area contributed by atoms with E-state index in [-0.39, 0.29) is 21.2 Å². The fourth-order valence-corrected chi connectivity index (χ4v) is 1.33. The van der Waals surface area contributed by atoms with Gasteiger partial charge in [0, 0.05) is 0 Å². The molecule has 9 heavy (non-hydrogen) atoms. The summed E-state index contributed by atoms with van der Waals surface area (Å²) in [5.41, 5.74) is 0. The topological polar surface area (TPSA) is 25.8 Å². The van der Waals surface area contributed by atoms with Crippen LogP contribution in [0.1, 0.15) is 0 Å². The van der Waals surface area contributed by atoms with Crippen LogP contribution >= 0.6 is 11.6 Å². The summed E-state index contributed by atoms with van der Waals surface area (Å²) in [6, 6.07) is 0. The molecule has 2 nitrogen and oxygen atoms in total. The van der Waals surface area contributed by atoms with Crippen molar-refractivity contribution in [2.75, 3.05) is 4.93 Å². The number of nitrogens with zero attached hydrogens (tertiary/aromatic N) is 2. The Morgan fingerprint density at radius 3 is 2.44 bits per heavy atom. The quantitative estimate of drug-likeness (QED) is 0.330. The molecular formula is C5H5ClIN2-. The van der Waals surface area contributed by atoms with Gasteiger partial charge in [-0.05, 0) is 0 Å². The van der Waals surface area contributed by atoms with Gasteiger partial charge in [0.2, 0.25) is 0 Å². The first kappa shape index (κ1) is 7.21. The zero-order valence-electron chi connectivity index (χ0n) is 4.81. The zero-order chi connectivity index (χ0) is 6.69. The zero-order valence-corrected chi connectivity index (χ0v) is 7.72. The van der Waals surface area contributed by atoms with E-state index in [1.807, 2.05) is 0 Å². The van der Waals surface area contributed by atoms with Crippen molar-refractivity contribution >= 4 is 11.6 Å². The molecule has 0 unspecified atom stereocenters. The van der Waals surface area contributed by atoms with Gasteiger partial charge in [-0.15, -0.1) is 0 Å². The monoisotopic (exact) mass is 255 g/mol. The third-order valence-electron chi connectivity index (χ3n) is 0.807. The summed E-state index contributed by atoms with van der Waals surface area (Å²) < 4.78 is 1.22. The van der Waals surface area contributed by atoms with Gasteiger partial charge in [0.05, 0.1) is 0 Å². The molecule has 0 fully saturated rings. The molecule has 0 aliphatic heterocycles. The summed E-state index contributed by atoms with van der Waals surface area (Å²) in [6.45, 7) is 0. The van der Waals surface area contributed by atoms with Crippen LogP contribution in [0.2, 0.25) is 5.28 Å². The number of hydrogen-bond acceptors (Lipinski definition) is 2. The number of alkyl halides is 1. The van der Waals surface area contributed by atoms with Crippen molar-refractivity contribution in [2.45, 2.75) is 0 Å². The van der Waals surface area contributed by atoms with Crippen LogP contribution in [-0.4, -0.2) is 14.9 Å². The molecule has 0 saturated heterocycles. The molecule has 0 aliphatic rings. The van der Waals surface area contributed by atoms with Gasteiger partial charge in [-0.2, -0.15) is 0 Å².